The van der Waals surface area contributed by atoms with Crippen LogP contribution in [0.15, 0.2) is 60.7 Å². The van der Waals surface area contributed by atoms with Gasteiger partial charge in [-0.2, -0.15) is 0 Å². The first kappa shape index (κ1) is 23.9. The molecule has 166 valence electrons. The lowest BCUT2D eigenvalue weighted by molar-refractivity contribution is -0.128. The van der Waals surface area contributed by atoms with Crippen molar-refractivity contribution < 1.29 is 19.1 Å². The molecule has 0 spiro atoms. The van der Waals surface area contributed by atoms with E-state index in [9.17, 15) is 14.4 Å². The van der Waals surface area contributed by atoms with E-state index in [4.69, 9.17) is 16.2 Å². The highest BCUT2D eigenvalue weighted by atomic mass is 16.5. The molecule has 0 saturated heterocycles. The average Bonchev–Trinajstić information content (AvgIpc) is 2.78. The Hall–Kier alpha value is -3.39. The number of nitrogens with one attached hydrogen (secondary N) is 2. The van der Waals surface area contributed by atoms with Crippen LogP contribution in [0.3, 0.4) is 0 Å². The van der Waals surface area contributed by atoms with Crippen molar-refractivity contribution >= 4 is 17.9 Å². The van der Waals surface area contributed by atoms with Gasteiger partial charge in [0, 0.05) is 13.0 Å². The lowest BCUT2D eigenvalue weighted by atomic mass is 10.0. The van der Waals surface area contributed by atoms with Crippen LogP contribution in [0.4, 0.5) is 4.79 Å². The van der Waals surface area contributed by atoms with Crippen molar-refractivity contribution in [3.8, 4) is 0 Å². The fourth-order valence-electron chi connectivity index (χ4n) is 2.94. The van der Waals surface area contributed by atoms with Gasteiger partial charge in [-0.15, -0.1) is 0 Å². The summed E-state index contributed by atoms with van der Waals surface area (Å²) in [6, 6.07) is 17.1. The Morgan fingerprint density at radius 2 is 1.52 bits per heavy atom. The van der Waals surface area contributed by atoms with Gasteiger partial charge in [0.1, 0.15) is 12.6 Å². The Morgan fingerprint density at radius 3 is 2.13 bits per heavy atom. The molecule has 0 fully saturated rings. The second-order valence-electron chi connectivity index (χ2n) is 7.24. The van der Waals surface area contributed by atoms with E-state index >= 15 is 0 Å². The van der Waals surface area contributed by atoms with Crippen molar-refractivity contribution in [1.82, 2.24) is 10.6 Å². The Morgan fingerprint density at radius 1 is 0.903 bits per heavy atom. The maximum atomic E-state index is 12.3. The maximum Gasteiger partial charge on any atom is 0.407 e. The molecule has 3 amide bonds. The van der Waals surface area contributed by atoms with E-state index in [2.05, 4.69) is 10.6 Å². The summed E-state index contributed by atoms with van der Waals surface area (Å²) in [4.78, 5) is 35.7. The van der Waals surface area contributed by atoms with Gasteiger partial charge in [0.2, 0.25) is 11.8 Å². The molecule has 8 heteroatoms. The van der Waals surface area contributed by atoms with E-state index in [-0.39, 0.29) is 6.61 Å². The molecule has 0 aliphatic rings. The van der Waals surface area contributed by atoms with Crippen LogP contribution in [0, 0.1) is 0 Å². The first-order valence-electron chi connectivity index (χ1n) is 10.3. The minimum Gasteiger partial charge on any atom is -0.445 e. The molecule has 0 saturated carbocycles. The van der Waals surface area contributed by atoms with Crippen molar-refractivity contribution in [2.45, 2.75) is 44.4 Å². The zero-order valence-corrected chi connectivity index (χ0v) is 17.5. The van der Waals surface area contributed by atoms with Gasteiger partial charge in [-0.25, -0.2) is 4.79 Å². The number of hydrogen-bond donors (Lipinski definition) is 4. The number of alkyl carbamates (subject to hydrolysis) is 1. The Bertz CT molecular complexity index is 830. The van der Waals surface area contributed by atoms with Crippen LogP contribution in [-0.2, 0) is 27.4 Å². The molecule has 2 atom stereocenters. The summed E-state index contributed by atoms with van der Waals surface area (Å²) >= 11 is 0. The minimum atomic E-state index is -0.818. The van der Waals surface area contributed by atoms with Crippen LogP contribution in [-0.4, -0.2) is 36.5 Å². The molecule has 0 aromatic heterocycles. The number of unbranched alkanes of at least 4 members (excludes halogenated alkanes) is 1. The normalized spacial score (nSPS) is 12.4. The third-order valence-corrected chi connectivity index (χ3v) is 4.70. The molecule has 2 rings (SSSR count). The van der Waals surface area contributed by atoms with E-state index < -0.39 is 30.0 Å². The van der Waals surface area contributed by atoms with E-state index in [1.165, 1.54) is 0 Å². The van der Waals surface area contributed by atoms with Crippen molar-refractivity contribution in [2.75, 3.05) is 6.54 Å². The predicted octanol–water partition coefficient (Wildman–Crippen LogP) is 1.62. The van der Waals surface area contributed by atoms with Gasteiger partial charge in [0.05, 0.1) is 6.04 Å². The SMILES string of the molecule is NC(=O)[C@H](Cc1ccccc1)NC(=O)[C@@H](N)CCCCNC(=O)OCc1ccccc1. The highest BCUT2D eigenvalue weighted by Gasteiger charge is 2.22. The number of nitrogens with two attached hydrogens (primary N) is 2. The number of carbonyl (C=O) groups excluding carboxylic acids is 3. The molecule has 0 unspecified atom stereocenters. The number of ether oxygens (including phenoxy) is 1. The molecule has 0 aliphatic carbocycles. The van der Waals surface area contributed by atoms with Gasteiger partial charge in [0.15, 0.2) is 0 Å². The van der Waals surface area contributed by atoms with Gasteiger partial charge in [-0.05, 0) is 30.4 Å². The van der Waals surface area contributed by atoms with Gasteiger partial charge in [-0.3, -0.25) is 9.59 Å². The number of primary amides is 1. The van der Waals surface area contributed by atoms with Gasteiger partial charge in [0.25, 0.3) is 0 Å². The molecular weight excluding hydrogens is 396 g/mol. The highest BCUT2D eigenvalue weighted by molar-refractivity contribution is 5.89. The van der Waals surface area contributed by atoms with Crippen molar-refractivity contribution in [3.05, 3.63) is 71.8 Å². The standard InChI is InChI=1S/C23H30N4O4/c24-19(22(29)27-20(21(25)28)15-17-9-3-1-4-10-17)13-7-8-14-26-23(30)31-16-18-11-5-2-6-12-18/h1-6,9-12,19-20H,7-8,13-16,24H2,(H2,25,28)(H,26,30)(H,27,29)/t19-,20-/m0/s1. The molecule has 2 aromatic rings. The third kappa shape index (κ3) is 9.31. The molecule has 2 aromatic carbocycles. The highest BCUT2D eigenvalue weighted by Crippen LogP contribution is 2.05. The minimum absolute atomic E-state index is 0.210. The molecule has 0 radical (unpaired) electrons. The van der Waals surface area contributed by atoms with Crippen LogP contribution in [0.25, 0.3) is 0 Å². The molecule has 0 bridgehead atoms. The van der Waals surface area contributed by atoms with Crippen LogP contribution in [0.2, 0.25) is 0 Å². The second-order valence-corrected chi connectivity index (χ2v) is 7.24. The van der Waals surface area contributed by atoms with Crippen LogP contribution < -0.4 is 22.1 Å². The average molecular weight is 427 g/mol. The summed E-state index contributed by atoms with van der Waals surface area (Å²) in [5, 5.41) is 5.29. The van der Waals surface area contributed by atoms with E-state index in [0.717, 1.165) is 11.1 Å². The first-order chi connectivity index (χ1) is 15.0. The Balaban J connectivity index is 1.62. The van der Waals surface area contributed by atoms with Crippen LogP contribution in [0.5, 0.6) is 0 Å². The molecular formula is C23H30N4O4. The van der Waals surface area contributed by atoms with E-state index in [1.807, 2.05) is 60.7 Å². The lowest BCUT2D eigenvalue weighted by Crippen LogP contribution is -2.51. The van der Waals surface area contributed by atoms with E-state index in [1.54, 1.807) is 0 Å². The predicted molar refractivity (Wildman–Crippen MR) is 118 cm³/mol. The monoisotopic (exact) mass is 426 g/mol. The molecule has 0 heterocycles. The van der Waals surface area contributed by atoms with Gasteiger partial charge >= 0.3 is 6.09 Å². The smallest absolute Gasteiger partial charge is 0.407 e. The number of hydrogen-bond acceptors (Lipinski definition) is 5. The van der Waals surface area contributed by atoms with Crippen molar-refractivity contribution in [2.24, 2.45) is 11.5 Å². The Kier molecular flexibility index (Phi) is 10.0. The van der Waals surface area contributed by atoms with Gasteiger partial charge in [-0.1, -0.05) is 60.7 Å². The molecule has 6 N–H and O–H groups in total. The topological polar surface area (TPSA) is 137 Å². The lowest BCUT2D eigenvalue weighted by Gasteiger charge is -2.18. The van der Waals surface area contributed by atoms with Crippen LogP contribution >= 0.6 is 0 Å². The summed E-state index contributed by atoms with van der Waals surface area (Å²) in [6.07, 6.45) is 1.52. The quantitative estimate of drug-likeness (QED) is 0.382. The summed E-state index contributed by atoms with van der Waals surface area (Å²) in [5.41, 5.74) is 13.2. The number of carbonyl (C=O) groups is 3. The third-order valence-electron chi connectivity index (χ3n) is 4.70. The molecule has 31 heavy (non-hydrogen) atoms. The second kappa shape index (κ2) is 13.0. The van der Waals surface area contributed by atoms with Crippen molar-refractivity contribution in [3.63, 3.8) is 0 Å². The van der Waals surface area contributed by atoms with E-state index in [0.29, 0.717) is 32.2 Å². The molecule has 0 aliphatic heterocycles. The fraction of sp³-hybridized carbons (Fsp3) is 0.348. The largest absolute Gasteiger partial charge is 0.445 e. The summed E-state index contributed by atoms with van der Waals surface area (Å²) in [7, 11) is 0. The number of rotatable bonds is 12. The Labute approximate surface area is 182 Å². The zero-order chi connectivity index (χ0) is 22.5. The number of amides is 3. The number of benzene rings is 2. The van der Waals surface area contributed by atoms with Crippen LogP contribution in [0.1, 0.15) is 30.4 Å². The summed E-state index contributed by atoms with van der Waals surface area (Å²) in [5.74, 6) is -1.03. The summed E-state index contributed by atoms with van der Waals surface area (Å²) < 4.78 is 5.13. The van der Waals surface area contributed by atoms with Crippen molar-refractivity contribution in [1.29, 1.82) is 0 Å². The maximum absolute atomic E-state index is 12.3. The zero-order valence-electron chi connectivity index (χ0n) is 17.5. The fourth-order valence-corrected chi connectivity index (χ4v) is 2.94. The first-order valence-corrected chi connectivity index (χ1v) is 10.3. The summed E-state index contributed by atoms with van der Waals surface area (Å²) in [6.45, 7) is 0.627. The van der Waals surface area contributed by atoms with Gasteiger partial charge < -0.3 is 26.8 Å². The molecule has 8 nitrogen and oxygen atoms in total.